The molecule has 1 nitrogen and oxygen atoms in total. The van der Waals surface area contributed by atoms with E-state index in [9.17, 15) is 4.79 Å². The van der Waals surface area contributed by atoms with E-state index < -0.39 is 16.1 Å². The van der Waals surface area contributed by atoms with Gasteiger partial charge in [0.05, 0.1) is 8.07 Å². The van der Waals surface area contributed by atoms with Crippen LogP contribution < -0.4 is 0 Å². The first-order valence-corrected chi connectivity index (χ1v) is 11.8. The van der Waals surface area contributed by atoms with Gasteiger partial charge in [-0.1, -0.05) is 44.5 Å². The first-order valence-electron chi connectivity index (χ1n) is 4.78. The maximum absolute atomic E-state index is 11.7. The highest BCUT2D eigenvalue weighted by atomic mass is 28.3. The van der Waals surface area contributed by atoms with Gasteiger partial charge >= 0.3 is 0 Å². The average molecular weight is 214 g/mol. The zero-order valence-electron chi connectivity index (χ0n) is 9.99. The third-order valence-electron chi connectivity index (χ3n) is 2.27. The van der Waals surface area contributed by atoms with Crippen molar-refractivity contribution < 1.29 is 4.79 Å². The summed E-state index contributed by atoms with van der Waals surface area (Å²) >= 11 is 0. The van der Waals surface area contributed by atoms with Crippen LogP contribution in [0, 0.1) is 0 Å². The summed E-state index contributed by atoms with van der Waals surface area (Å²) in [5, 5.41) is 1.70. The molecule has 0 saturated heterocycles. The summed E-state index contributed by atoms with van der Waals surface area (Å²) in [5.41, 5.74) is 0. The Balaban J connectivity index is 4.70. The molecule has 0 aromatic rings. The van der Waals surface area contributed by atoms with Crippen molar-refractivity contribution in [3.05, 3.63) is 11.3 Å². The lowest BCUT2D eigenvalue weighted by atomic mass is 10.5. The van der Waals surface area contributed by atoms with Gasteiger partial charge in [-0.3, -0.25) is 0 Å². The van der Waals surface area contributed by atoms with Crippen LogP contribution in [-0.4, -0.2) is 21.6 Å². The Labute approximate surface area is 84.3 Å². The first kappa shape index (κ1) is 12.8. The molecule has 0 aliphatic carbocycles. The summed E-state index contributed by atoms with van der Waals surface area (Å²) in [5.74, 6) is 0. The van der Waals surface area contributed by atoms with E-state index in [1.54, 1.807) is 0 Å². The van der Waals surface area contributed by atoms with Crippen LogP contribution in [0.25, 0.3) is 0 Å². The zero-order chi connectivity index (χ0) is 10.9. The second kappa shape index (κ2) is 3.92. The van der Waals surface area contributed by atoms with Crippen molar-refractivity contribution >= 4 is 21.6 Å². The van der Waals surface area contributed by atoms with Crippen molar-refractivity contribution in [1.29, 1.82) is 0 Å². The molecule has 0 rings (SSSR count). The quantitative estimate of drug-likeness (QED) is 0.521. The molecule has 3 heteroatoms. The van der Waals surface area contributed by atoms with Crippen LogP contribution in [0.2, 0.25) is 39.3 Å². The molecule has 13 heavy (non-hydrogen) atoms. The molecule has 0 bridgehead atoms. The summed E-state index contributed by atoms with van der Waals surface area (Å²) in [4.78, 5) is 11.7. The lowest BCUT2D eigenvalue weighted by molar-refractivity contribution is -0.108. The van der Waals surface area contributed by atoms with Crippen LogP contribution in [0.1, 0.15) is 6.92 Å². The molecule has 0 aromatic carbocycles. The smallest absolute Gasteiger partial charge is 0.132 e. The molecular weight excluding hydrogens is 192 g/mol. The van der Waals surface area contributed by atoms with E-state index in [0.29, 0.717) is 5.41 Å². The Morgan fingerprint density at radius 1 is 0.923 bits per heavy atom. The molecule has 0 aliphatic rings. The van der Waals surface area contributed by atoms with E-state index in [4.69, 9.17) is 0 Å². The number of rotatable bonds is 3. The minimum Gasteiger partial charge on any atom is -0.301 e. The minimum atomic E-state index is -1.60. The Morgan fingerprint density at radius 3 is 1.54 bits per heavy atom. The van der Waals surface area contributed by atoms with Crippen molar-refractivity contribution in [2.24, 2.45) is 0 Å². The lowest BCUT2D eigenvalue weighted by Crippen LogP contribution is -2.33. The summed E-state index contributed by atoms with van der Waals surface area (Å²) < 4.78 is 0. The van der Waals surface area contributed by atoms with Crippen molar-refractivity contribution in [2.75, 3.05) is 0 Å². The second-order valence-corrected chi connectivity index (χ2v) is 16.0. The van der Waals surface area contributed by atoms with Crippen LogP contribution in [0.15, 0.2) is 11.3 Å². The van der Waals surface area contributed by atoms with Crippen molar-refractivity contribution in [2.45, 2.75) is 46.2 Å². The van der Waals surface area contributed by atoms with E-state index in [-0.39, 0.29) is 0 Å². The SMILES string of the molecule is C/C(=C\C(=O)[Si](C)(C)C)[Si](C)(C)C. The number of hydrogen-bond donors (Lipinski definition) is 0. The van der Waals surface area contributed by atoms with Crippen molar-refractivity contribution in [3.8, 4) is 0 Å². The molecule has 0 aliphatic heterocycles. The normalized spacial score (nSPS) is 14.5. The van der Waals surface area contributed by atoms with Gasteiger partial charge < -0.3 is 4.79 Å². The van der Waals surface area contributed by atoms with Gasteiger partial charge in [0.15, 0.2) is 0 Å². The van der Waals surface area contributed by atoms with Gasteiger partial charge in [0, 0.05) is 0 Å². The number of allylic oxidation sites excluding steroid dienone is 2. The third-order valence-corrected chi connectivity index (χ3v) is 6.40. The lowest BCUT2D eigenvalue weighted by Gasteiger charge is -2.19. The van der Waals surface area contributed by atoms with Gasteiger partial charge in [-0.2, -0.15) is 0 Å². The summed E-state index contributed by atoms with van der Waals surface area (Å²) in [6.45, 7) is 15.2. The number of hydrogen-bond acceptors (Lipinski definition) is 1. The molecule has 0 N–H and O–H groups in total. The predicted molar refractivity (Wildman–Crippen MR) is 65.5 cm³/mol. The van der Waals surface area contributed by atoms with E-state index in [2.05, 4.69) is 46.2 Å². The number of carbonyl (C=O) groups is 1. The van der Waals surface area contributed by atoms with Crippen LogP contribution in [0.3, 0.4) is 0 Å². The highest BCUT2D eigenvalue weighted by Gasteiger charge is 2.24. The largest absolute Gasteiger partial charge is 0.301 e. The topological polar surface area (TPSA) is 17.1 Å². The van der Waals surface area contributed by atoms with Crippen LogP contribution in [-0.2, 0) is 4.79 Å². The van der Waals surface area contributed by atoms with Gasteiger partial charge in [0.25, 0.3) is 0 Å². The average Bonchev–Trinajstić information content (AvgIpc) is 1.82. The molecule has 0 fully saturated rings. The van der Waals surface area contributed by atoms with E-state index >= 15 is 0 Å². The highest BCUT2D eigenvalue weighted by Crippen LogP contribution is 2.15. The highest BCUT2D eigenvalue weighted by molar-refractivity contribution is 7.05. The van der Waals surface area contributed by atoms with Gasteiger partial charge in [-0.25, -0.2) is 0 Å². The Morgan fingerprint density at radius 2 is 1.31 bits per heavy atom. The fourth-order valence-corrected chi connectivity index (χ4v) is 1.99. The Hall–Kier alpha value is -0.156. The third kappa shape index (κ3) is 4.57. The van der Waals surface area contributed by atoms with Crippen LogP contribution in [0.5, 0.6) is 0 Å². The standard InChI is InChI=1S/C10H22OSi2/c1-9(12(2,3)4)8-10(11)13(5,6)7/h8H,1-7H3/b9-8+. The van der Waals surface area contributed by atoms with Crippen molar-refractivity contribution in [1.82, 2.24) is 0 Å². The minimum absolute atomic E-state index is 0.382. The molecule has 0 radical (unpaired) electrons. The van der Waals surface area contributed by atoms with Gasteiger partial charge in [-0.05, 0) is 13.0 Å². The van der Waals surface area contributed by atoms with Crippen molar-refractivity contribution in [3.63, 3.8) is 0 Å². The first-order chi connectivity index (χ1) is 5.55. The molecule has 76 valence electrons. The molecule has 0 amide bonds. The molecule has 0 atom stereocenters. The summed E-state index contributed by atoms with van der Waals surface area (Å²) in [6.07, 6.45) is 1.90. The predicted octanol–water partition coefficient (Wildman–Crippen LogP) is 3.26. The van der Waals surface area contributed by atoms with Crippen LogP contribution in [0.4, 0.5) is 0 Å². The second-order valence-electron chi connectivity index (χ2n) is 5.69. The van der Waals surface area contributed by atoms with Gasteiger partial charge in [0.2, 0.25) is 0 Å². The molecule has 0 spiro atoms. The molecular formula is C10H22OSi2. The zero-order valence-corrected chi connectivity index (χ0v) is 12.0. The number of carbonyl (C=O) groups excluding carboxylic acids is 1. The molecule has 0 unspecified atom stereocenters. The molecule has 0 saturated carbocycles. The molecule has 0 heterocycles. The van der Waals surface area contributed by atoms with E-state index in [1.165, 1.54) is 5.20 Å². The van der Waals surface area contributed by atoms with Gasteiger partial charge in [0.1, 0.15) is 13.5 Å². The fourth-order valence-electron chi connectivity index (χ4n) is 0.630. The van der Waals surface area contributed by atoms with Crippen LogP contribution >= 0.6 is 0 Å². The Kier molecular flexibility index (Phi) is 3.87. The fraction of sp³-hybridized carbons (Fsp3) is 0.700. The summed E-state index contributed by atoms with van der Waals surface area (Å²) in [7, 11) is -2.83. The van der Waals surface area contributed by atoms with E-state index in [1.807, 2.05) is 6.08 Å². The summed E-state index contributed by atoms with van der Waals surface area (Å²) in [6, 6.07) is 0. The molecule has 0 aromatic heterocycles. The monoisotopic (exact) mass is 214 g/mol. The Bertz CT molecular complexity index is 228. The van der Waals surface area contributed by atoms with Gasteiger partial charge in [-0.15, -0.1) is 0 Å². The maximum Gasteiger partial charge on any atom is 0.132 e. The van der Waals surface area contributed by atoms with E-state index in [0.717, 1.165) is 0 Å². The maximum atomic E-state index is 11.7.